The van der Waals surface area contributed by atoms with Crippen LogP contribution in [0.2, 0.25) is 10.0 Å². The zero-order chi connectivity index (χ0) is 22.4. The lowest BCUT2D eigenvalue weighted by Crippen LogP contribution is -2.17. The van der Waals surface area contributed by atoms with E-state index >= 15 is 0 Å². The SMILES string of the molecule is COc1cc(/C=N/NC(=O)c2cccc(Cl)c2)cc(Cl)c1OS(=O)(=O)c1ccccc1. The predicted molar refractivity (Wildman–Crippen MR) is 119 cm³/mol. The lowest BCUT2D eigenvalue weighted by Gasteiger charge is -2.13. The minimum atomic E-state index is -4.11. The maximum Gasteiger partial charge on any atom is 0.339 e. The largest absolute Gasteiger partial charge is 0.493 e. The fourth-order valence-corrected chi connectivity index (χ4v) is 3.97. The van der Waals surface area contributed by atoms with Gasteiger partial charge in [-0.15, -0.1) is 0 Å². The molecule has 0 fully saturated rings. The van der Waals surface area contributed by atoms with Gasteiger partial charge in [0.25, 0.3) is 5.91 Å². The fourth-order valence-electron chi connectivity index (χ4n) is 2.50. The number of methoxy groups -OCH3 is 1. The monoisotopic (exact) mass is 478 g/mol. The standard InChI is InChI=1S/C21H16Cl2N2O5S/c1-29-19-11-14(13-24-25-21(26)15-6-5-7-16(22)12-15)10-18(23)20(19)30-31(27,28)17-8-3-2-4-9-17/h2-13H,1H3,(H,25,26)/b24-13+. The first-order valence-corrected chi connectivity index (χ1v) is 10.9. The molecule has 0 unspecified atom stereocenters. The Hall–Kier alpha value is -3.07. The van der Waals surface area contributed by atoms with Gasteiger partial charge in [0, 0.05) is 10.6 Å². The molecule has 0 aliphatic heterocycles. The summed E-state index contributed by atoms with van der Waals surface area (Å²) in [6.45, 7) is 0. The summed E-state index contributed by atoms with van der Waals surface area (Å²) >= 11 is 12.1. The van der Waals surface area contributed by atoms with Crippen LogP contribution in [0.25, 0.3) is 0 Å². The summed E-state index contributed by atoms with van der Waals surface area (Å²) < 4.78 is 35.4. The minimum Gasteiger partial charge on any atom is -0.493 e. The average Bonchev–Trinajstić information content (AvgIpc) is 2.76. The summed E-state index contributed by atoms with van der Waals surface area (Å²) in [5.74, 6) is -0.534. The Morgan fingerprint density at radius 3 is 2.45 bits per heavy atom. The molecule has 0 radical (unpaired) electrons. The molecule has 10 heteroatoms. The Morgan fingerprint density at radius 1 is 1.03 bits per heavy atom. The van der Waals surface area contributed by atoms with Crippen molar-refractivity contribution in [1.29, 1.82) is 0 Å². The molecule has 1 amide bonds. The van der Waals surface area contributed by atoms with E-state index in [0.29, 0.717) is 16.1 Å². The molecule has 3 aromatic carbocycles. The van der Waals surface area contributed by atoms with Gasteiger partial charge in [0.15, 0.2) is 5.75 Å². The number of amides is 1. The first kappa shape index (κ1) is 22.6. The van der Waals surface area contributed by atoms with Crippen LogP contribution in [0, 0.1) is 0 Å². The first-order chi connectivity index (χ1) is 14.8. The number of nitrogens with zero attached hydrogens (tertiary/aromatic N) is 1. The van der Waals surface area contributed by atoms with Crippen LogP contribution >= 0.6 is 23.2 Å². The molecule has 3 aromatic rings. The summed E-state index contributed by atoms with van der Waals surface area (Å²) in [6.07, 6.45) is 1.33. The highest BCUT2D eigenvalue weighted by molar-refractivity contribution is 7.87. The molecule has 7 nitrogen and oxygen atoms in total. The number of rotatable bonds is 7. The molecule has 0 bridgehead atoms. The quantitative estimate of drug-likeness (QED) is 0.305. The number of hydrazone groups is 1. The molecule has 0 saturated carbocycles. The maximum absolute atomic E-state index is 12.5. The Labute approximate surface area is 189 Å². The molecule has 0 saturated heterocycles. The van der Waals surface area contributed by atoms with Crippen molar-refractivity contribution in [3.8, 4) is 11.5 Å². The lowest BCUT2D eigenvalue weighted by molar-refractivity contribution is 0.0955. The van der Waals surface area contributed by atoms with Crippen LogP contribution in [-0.4, -0.2) is 27.6 Å². The third-order valence-corrected chi connectivity index (χ3v) is 5.69. The van der Waals surface area contributed by atoms with Gasteiger partial charge in [-0.1, -0.05) is 47.5 Å². The zero-order valence-corrected chi connectivity index (χ0v) is 18.4. The number of hydrogen-bond acceptors (Lipinski definition) is 6. The lowest BCUT2D eigenvalue weighted by atomic mass is 10.2. The highest BCUT2D eigenvalue weighted by atomic mass is 35.5. The summed E-state index contributed by atoms with van der Waals surface area (Å²) in [5.41, 5.74) is 3.15. The minimum absolute atomic E-state index is 0.0125. The van der Waals surface area contributed by atoms with Crippen LogP contribution in [0.5, 0.6) is 11.5 Å². The third kappa shape index (κ3) is 5.75. The van der Waals surface area contributed by atoms with E-state index in [0.717, 1.165) is 0 Å². The van der Waals surface area contributed by atoms with Crippen molar-refractivity contribution in [2.24, 2.45) is 5.10 Å². The van der Waals surface area contributed by atoms with E-state index in [2.05, 4.69) is 10.5 Å². The molecule has 3 rings (SSSR count). The molecule has 160 valence electrons. The average molecular weight is 479 g/mol. The van der Waals surface area contributed by atoms with Crippen molar-refractivity contribution in [3.63, 3.8) is 0 Å². The van der Waals surface area contributed by atoms with E-state index in [4.69, 9.17) is 32.1 Å². The van der Waals surface area contributed by atoms with E-state index in [1.54, 1.807) is 36.4 Å². The molecule has 0 aliphatic carbocycles. The fraction of sp³-hybridized carbons (Fsp3) is 0.0476. The second-order valence-electron chi connectivity index (χ2n) is 6.09. The van der Waals surface area contributed by atoms with Crippen molar-refractivity contribution in [1.82, 2.24) is 5.43 Å². The van der Waals surface area contributed by atoms with Crippen LogP contribution in [0.1, 0.15) is 15.9 Å². The first-order valence-electron chi connectivity index (χ1n) is 8.76. The van der Waals surface area contributed by atoms with Crippen molar-refractivity contribution < 1.29 is 22.1 Å². The number of hydrogen-bond donors (Lipinski definition) is 1. The maximum atomic E-state index is 12.5. The summed E-state index contributed by atoms with van der Waals surface area (Å²) in [4.78, 5) is 12.1. The van der Waals surface area contributed by atoms with Crippen molar-refractivity contribution in [2.45, 2.75) is 4.90 Å². The zero-order valence-electron chi connectivity index (χ0n) is 16.1. The van der Waals surface area contributed by atoms with E-state index in [-0.39, 0.29) is 21.4 Å². The Bertz CT molecular complexity index is 1230. The number of halogens is 2. The number of benzene rings is 3. The highest BCUT2D eigenvalue weighted by Gasteiger charge is 2.21. The van der Waals surface area contributed by atoms with Gasteiger partial charge in [-0.25, -0.2) is 5.43 Å². The van der Waals surface area contributed by atoms with Gasteiger partial charge in [-0.05, 0) is 48.0 Å². The van der Waals surface area contributed by atoms with Gasteiger partial charge < -0.3 is 8.92 Å². The van der Waals surface area contributed by atoms with Gasteiger partial charge in [-0.2, -0.15) is 13.5 Å². The van der Waals surface area contributed by atoms with Crippen molar-refractivity contribution >= 4 is 45.4 Å². The number of carbonyl (C=O) groups excluding carboxylic acids is 1. The van der Waals surface area contributed by atoms with Crippen molar-refractivity contribution in [2.75, 3.05) is 7.11 Å². The third-order valence-electron chi connectivity index (χ3n) is 3.94. The van der Waals surface area contributed by atoms with Crippen LogP contribution in [0.3, 0.4) is 0 Å². The highest BCUT2D eigenvalue weighted by Crippen LogP contribution is 2.37. The van der Waals surface area contributed by atoms with Crippen LogP contribution in [-0.2, 0) is 10.1 Å². The van der Waals surface area contributed by atoms with Gasteiger partial charge in [-0.3, -0.25) is 4.79 Å². The van der Waals surface area contributed by atoms with Gasteiger partial charge in [0.2, 0.25) is 5.75 Å². The molecule has 31 heavy (non-hydrogen) atoms. The molecular weight excluding hydrogens is 463 g/mol. The molecule has 0 atom stereocenters. The van der Waals surface area contributed by atoms with Crippen molar-refractivity contribution in [3.05, 3.63) is 87.9 Å². The van der Waals surface area contributed by atoms with Gasteiger partial charge in [0.1, 0.15) is 4.90 Å². The Balaban J connectivity index is 1.79. The van der Waals surface area contributed by atoms with Crippen LogP contribution < -0.4 is 14.3 Å². The molecule has 0 heterocycles. The van der Waals surface area contributed by atoms with Crippen LogP contribution in [0.4, 0.5) is 0 Å². The molecular formula is C21H16Cl2N2O5S. The number of carbonyl (C=O) groups is 1. The topological polar surface area (TPSA) is 94.1 Å². The Kier molecular flexibility index (Phi) is 7.17. The number of nitrogens with one attached hydrogen (secondary N) is 1. The summed E-state index contributed by atoms with van der Waals surface area (Å²) in [6, 6.07) is 16.9. The van der Waals surface area contributed by atoms with E-state index in [9.17, 15) is 13.2 Å². The molecule has 1 N–H and O–H groups in total. The normalized spacial score (nSPS) is 11.3. The Morgan fingerprint density at radius 2 is 1.77 bits per heavy atom. The van der Waals surface area contributed by atoms with Gasteiger partial charge in [0.05, 0.1) is 18.3 Å². The predicted octanol–water partition coefficient (Wildman–Crippen LogP) is 4.53. The van der Waals surface area contributed by atoms with Crippen LogP contribution in [0.15, 0.2) is 76.7 Å². The van der Waals surface area contributed by atoms with E-state index in [1.807, 2.05) is 0 Å². The van der Waals surface area contributed by atoms with E-state index in [1.165, 1.54) is 43.7 Å². The molecule has 0 aromatic heterocycles. The second kappa shape index (κ2) is 9.82. The molecule has 0 spiro atoms. The summed E-state index contributed by atoms with van der Waals surface area (Å²) in [5, 5.41) is 4.29. The van der Waals surface area contributed by atoms with E-state index < -0.39 is 16.0 Å². The second-order valence-corrected chi connectivity index (χ2v) is 8.48. The smallest absolute Gasteiger partial charge is 0.339 e. The number of ether oxygens (including phenoxy) is 1. The van der Waals surface area contributed by atoms with Gasteiger partial charge >= 0.3 is 10.1 Å². The summed E-state index contributed by atoms with van der Waals surface area (Å²) in [7, 11) is -2.77. The molecule has 0 aliphatic rings.